The van der Waals surface area contributed by atoms with Gasteiger partial charge in [-0.2, -0.15) is 0 Å². The Morgan fingerprint density at radius 2 is 2.18 bits per heavy atom. The van der Waals surface area contributed by atoms with Crippen LogP contribution in [0.2, 0.25) is 0 Å². The number of carbonyl (C=O) groups is 2. The SMILES string of the molecule is C=CCCC(=O)CC(=O)OC. The second-order valence-corrected chi connectivity index (χ2v) is 2.12. The third kappa shape index (κ3) is 5.33. The summed E-state index contributed by atoms with van der Waals surface area (Å²) >= 11 is 0. The van der Waals surface area contributed by atoms with E-state index in [1.165, 1.54) is 7.11 Å². The van der Waals surface area contributed by atoms with Gasteiger partial charge in [0.2, 0.25) is 0 Å². The summed E-state index contributed by atoms with van der Waals surface area (Å²) < 4.78 is 4.32. The molecule has 3 nitrogen and oxygen atoms in total. The maximum Gasteiger partial charge on any atom is 0.313 e. The average Bonchev–Trinajstić information content (AvgIpc) is 2.00. The van der Waals surface area contributed by atoms with Crippen molar-refractivity contribution in [2.24, 2.45) is 0 Å². The zero-order valence-electron chi connectivity index (χ0n) is 6.63. The number of carbonyl (C=O) groups excluding carboxylic acids is 2. The highest BCUT2D eigenvalue weighted by molar-refractivity contribution is 5.95. The summed E-state index contributed by atoms with van der Waals surface area (Å²) in [6.45, 7) is 3.46. The number of ketones is 1. The molecule has 0 saturated carbocycles. The molecule has 3 heteroatoms. The predicted octanol–water partition coefficient (Wildman–Crippen LogP) is 1.08. The monoisotopic (exact) mass is 156 g/mol. The summed E-state index contributed by atoms with van der Waals surface area (Å²) in [5, 5.41) is 0. The lowest BCUT2D eigenvalue weighted by Crippen LogP contribution is -2.08. The van der Waals surface area contributed by atoms with E-state index in [1.54, 1.807) is 6.08 Å². The number of methoxy groups -OCH3 is 1. The Labute approximate surface area is 66.0 Å². The van der Waals surface area contributed by atoms with Gasteiger partial charge in [0.15, 0.2) is 0 Å². The highest BCUT2D eigenvalue weighted by Crippen LogP contribution is 1.96. The molecule has 0 saturated heterocycles. The summed E-state index contributed by atoms with van der Waals surface area (Å²) in [5.74, 6) is -0.573. The van der Waals surface area contributed by atoms with Crippen molar-refractivity contribution in [3.05, 3.63) is 12.7 Å². The van der Waals surface area contributed by atoms with Crippen LogP contribution in [-0.2, 0) is 14.3 Å². The zero-order chi connectivity index (χ0) is 8.69. The van der Waals surface area contributed by atoms with Gasteiger partial charge in [0.05, 0.1) is 7.11 Å². The summed E-state index contributed by atoms with van der Waals surface area (Å²) in [4.78, 5) is 21.3. The third-order valence-corrected chi connectivity index (χ3v) is 1.20. The van der Waals surface area contributed by atoms with Crippen molar-refractivity contribution in [1.82, 2.24) is 0 Å². The predicted molar refractivity (Wildman–Crippen MR) is 41.1 cm³/mol. The molecule has 0 aromatic rings. The van der Waals surface area contributed by atoms with Crippen LogP contribution in [0.25, 0.3) is 0 Å². The Balaban J connectivity index is 3.51. The molecule has 0 atom stereocenters. The lowest BCUT2D eigenvalue weighted by molar-refractivity contribution is -0.143. The number of hydrogen-bond donors (Lipinski definition) is 0. The minimum absolute atomic E-state index is 0.100. The smallest absolute Gasteiger partial charge is 0.313 e. The van der Waals surface area contributed by atoms with Crippen LogP contribution in [0, 0.1) is 0 Å². The molecule has 0 aromatic heterocycles. The van der Waals surface area contributed by atoms with Crippen LogP contribution in [-0.4, -0.2) is 18.9 Å². The van der Waals surface area contributed by atoms with Gasteiger partial charge in [-0.3, -0.25) is 9.59 Å². The molecule has 0 aliphatic heterocycles. The lowest BCUT2D eigenvalue weighted by Gasteiger charge is -1.96. The van der Waals surface area contributed by atoms with Gasteiger partial charge in [0.25, 0.3) is 0 Å². The molecule has 11 heavy (non-hydrogen) atoms. The Morgan fingerprint density at radius 1 is 1.55 bits per heavy atom. The molecule has 0 aromatic carbocycles. The topological polar surface area (TPSA) is 43.4 Å². The van der Waals surface area contributed by atoms with Crippen LogP contribution in [0.4, 0.5) is 0 Å². The molecule has 62 valence electrons. The van der Waals surface area contributed by atoms with Crippen molar-refractivity contribution in [3.63, 3.8) is 0 Å². The van der Waals surface area contributed by atoms with Crippen molar-refractivity contribution < 1.29 is 14.3 Å². The second-order valence-electron chi connectivity index (χ2n) is 2.12. The van der Waals surface area contributed by atoms with Gasteiger partial charge < -0.3 is 4.74 Å². The van der Waals surface area contributed by atoms with Crippen molar-refractivity contribution in [3.8, 4) is 0 Å². The number of esters is 1. The molecule has 0 rings (SSSR count). The van der Waals surface area contributed by atoms with Crippen LogP contribution < -0.4 is 0 Å². The molecule has 0 bridgehead atoms. The summed E-state index contributed by atoms with van der Waals surface area (Å²) in [7, 11) is 1.27. The highest BCUT2D eigenvalue weighted by Gasteiger charge is 2.07. The molecule has 0 aliphatic carbocycles. The molecule has 0 aliphatic rings. The summed E-state index contributed by atoms with van der Waals surface area (Å²) in [5.41, 5.74) is 0. The van der Waals surface area contributed by atoms with Gasteiger partial charge in [-0.1, -0.05) is 6.08 Å². The Bertz CT molecular complexity index is 161. The molecule has 0 radical (unpaired) electrons. The Kier molecular flexibility index (Phi) is 5.07. The normalized spacial score (nSPS) is 8.82. The molecule has 0 amide bonds. The van der Waals surface area contributed by atoms with Gasteiger partial charge in [-0.05, 0) is 6.42 Å². The van der Waals surface area contributed by atoms with E-state index in [0.29, 0.717) is 12.8 Å². The van der Waals surface area contributed by atoms with E-state index >= 15 is 0 Å². The van der Waals surface area contributed by atoms with Gasteiger partial charge in [-0.15, -0.1) is 6.58 Å². The summed E-state index contributed by atoms with van der Waals surface area (Å²) in [6.07, 6.45) is 2.52. The first kappa shape index (κ1) is 9.88. The number of rotatable bonds is 5. The van der Waals surface area contributed by atoms with Gasteiger partial charge in [0.1, 0.15) is 12.2 Å². The van der Waals surface area contributed by atoms with Crippen molar-refractivity contribution in [1.29, 1.82) is 0 Å². The first-order valence-corrected chi connectivity index (χ1v) is 3.40. The van der Waals surface area contributed by atoms with Crippen molar-refractivity contribution >= 4 is 11.8 Å². The molecule has 0 heterocycles. The Hall–Kier alpha value is -1.12. The van der Waals surface area contributed by atoms with Crippen LogP contribution >= 0.6 is 0 Å². The fraction of sp³-hybridized carbons (Fsp3) is 0.500. The van der Waals surface area contributed by atoms with Crippen LogP contribution in [0.5, 0.6) is 0 Å². The van der Waals surface area contributed by atoms with E-state index in [4.69, 9.17) is 0 Å². The van der Waals surface area contributed by atoms with E-state index in [0.717, 1.165) is 0 Å². The van der Waals surface area contributed by atoms with Gasteiger partial charge in [0, 0.05) is 6.42 Å². The van der Waals surface area contributed by atoms with Crippen molar-refractivity contribution in [2.75, 3.05) is 7.11 Å². The minimum atomic E-state index is -0.473. The van der Waals surface area contributed by atoms with Crippen molar-refractivity contribution in [2.45, 2.75) is 19.3 Å². The molecule has 0 unspecified atom stereocenters. The van der Waals surface area contributed by atoms with E-state index in [9.17, 15) is 9.59 Å². The number of hydrogen-bond acceptors (Lipinski definition) is 3. The molecule has 0 spiro atoms. The number of Topliss-reactive ketones (excluding diaryl/α,β-unsaturated/α-hetero) is 1. The quantitative estimate of drug-likeness (QED) is 0.340. The largest absolute Gasteiger partial charge is 0.469 e. The van der Waals surface area contributed by atoms with Gasteiger partial charge in [-0.25, -0.2) is 0 Å². The summed E-state index contributed by atoms with van der Waals surface area (Å²) in [6, 6.07) is 0. The minimum Gasteiger partial charge on any atom is -0.469 e. The maximum absolute atomic E-state index is 10.8. The van der Waals surface area contributed by atoms with Crippen LogP contribution in [0.1, 0.15) is 19.3 Å². The lowest BCUT2D eigenvalue weighted by atomic mass is 10.2. The fourth-order valence-electron chi connectivity index (χ4n) is 0.585. The van der Waals surface area contributed by atoms with E-state index < -0.39 is 5.97 Å². The number of allylic oxidation sites excluding steroid dienone is 1. The highest BCUT2D eigenvalue weighted by atomic mass is 16.5. The average molecular weight is 156 g/mol. The first-order chi connectivity index (χ1) is 5.20. The third-order valence-electron chi connectivity index (χ3n) is 1.20. The van der Waals surface area contributed by atoms with E-state index in [2.05, 4.69) is 11.3 Å². The molecule has 0 N–H and O–H groups in total. The maximum atomic E-state index is 10.8. The van der Waals surface area contributed by atoms with Crippen LogP contribution in [0.3, 0.4) is 0 Å². The molecule has 0 fully saturated rings. The van der Waals surface area contributed by atoms with Crippen LogP contribution in [0.15, 0.2) is 12.7 Å². The van der Waals surface area contributed by atoms with E-state index in [-0.39, 0.29) is 12.2 Å². The standard InChI is InChI=1S/C8H12O3/c1-3-4-5-7(9)6-8(10)11-2/h3H,1,4-6H2,2H3. The van der Waals surface area contributed by atoms with Gasteiger partial charge >= 0.3 is 5.97 Å². The zero-order valence-corrected chi connectivity index (χ0v) is 6.63. The van der Waals surface area contributed by atoms with E-state index in [1.807, 2.05) is 0 Å². The fourth-order valence-corrected chi connectivity index (χ4v) is 0.585. The molecular formula is C8H12O3. The second kappa shape index (κ2) is 5.65. The number of ether oxygens (including phenoxy) is 1. The first-order valence-electron chi connectivity index (χ1n) is 3.40. The Morgan fingerprint density at radius 3 is 2.64 bits per heavy atom. The molecular weight excluding hydrogens is 144 g/mol.